The number of nitrogens with one attached hydrogen (secondary N) is 1. The lowest BCUT2D eigenvalue weighted by Crippen LogP contribution is -2.50. The van der Waals surface area contributed by atoms with Gasteiger partial charge in [-0.1, -0.05) is 6.07 Å². The molecule has 1 rings (SSSR count). The number of nitro benzene ring substituents is 1. The first-order valence-corrected chi connectivity index (χ1v) is 6.34. The van der Waals surface area contributed by atoms with Gasteiger partial charge in [-0.05, 0) is 35.8 Å². The molecule has 1 amide bonds. The number of carbonyl (C=O) groups is 2. The molecule has 1 N–H and O–H groups in total. The Kier molecular flexibility index (Phi) is 4.83. The van der Waals surface area contributed by atoms with E-state index in [0.717, 1.165) is 0 Å². The second-order valence-corrected chi connectivity index (χ2v) is 5.26. The number of carbonyl (C=O) groups excluding carboxylic acids is 2. The molecular weight excluding hydrogens is 332 g/mol. The van der Waals surface area contributed by atoms with Crippen LogP contribution in [0.15, 0.2) is 22.7 Å². The lowest BCUT2D eigenvalue weighted by Gasteiger charge is -2.23. The van der Waals surface area contributed by atoms with Crippen molar-refractivity contribution in [1.82, 2.24) is 5.32 Å². The molecule has 8 heteroatoms. The van der Waals surface area contributed by atoms with E-state index in [1.54, 1.807) is 0 Å². The molecule has 0 spiro atoms. The fourth-order valence-corrected chi connectivity index (χ4v) is 2.08. The number of nitrogens with zero attached hydrogens (tertiary/aromatic N) is 1. The topological polar surface area (TPSA) is 98.5 Å². The van der Waals surface area contributed by atoms with Crippen molar-refractivity contribution in [2.45, 2.75) is 19.4 Å². The van der Waals surface area contributed by atoms with Crippen molar-refractivity contribution >= 4 is 33.5 Å². The van der Waals surface area contributed by atoms with E-state index in [1.807, 2.05) is 0 Å². The normalized spacial score (nSPS) is 10.8. The van der Waals surface area contributed by atoms with Gasteiger partial charge in [0.25, 0.3) is 11.6 Å². The van der Waals surface area contributed by atoms with Crippen molar-refractivity contribution < 1.29 is 19.2 Å². The van der Waals surface area contributed by atoms with Crippen LogP contribution in [0.3, 0.4) is 0 Å². The molecule has 0 aromatic heterocycles. The van der Waals surface area contributed by atoms with Gasteiger partial charge in [-0.3, -0.25) is 14.9 Å². The second kappa shape index (κ2) is 6.00. The van der Waals surface area contributed by atoms with Gasteiger partial charge in [0.1, 0.15) is 10.0 Å². The Morgan fingerprint density at radius 3 is 2.50 bits per heavy atom. The molecule has 20 heavy (non-hydrogen) atoms. The van der Waals surface area contributed by atoms with Crippen LogP contribution < -0.4 is 5.32 Å². The van der Waals surface area contributed by atoms with E-state index in [0.29, 0.717) is 0 Å². The van der Waals surface area contributed by atoms with Gasteiger partial charge >= 0.3 is 5.97 Å². The number of methoxy groups -OCH3 is 1. The molecule has 0 aliphatic rings. The molecule has 0 saturated carbocycles. The van der Waals surface area contributed by atoms with Crippen molar-refractivity contribution in [2.24, 2.45) is 0 Å². The lowest BCUT2D eigenvalue weighted by atomic mass is 10.0. The SMILES string of the molecule is COC(=O)C(C)(C)NC(=O)c1cccc([N+](=O)[O-])c1Br. The van der Waals surface area contributed by atoms with E-state index in [1.165, 1.54) is 39.2 Å². The fourth-order valence-electron chi connectivity index (χ4n) is 1.49. The van der Waals surface area contributed by atoms with Gasteiger partial charge in [-0.15, -0.1) is 0 Å². The van der Waals surface area contributed by atoms with E-state index < -0.39 is 22.3 Å². The minimum atomic E-state index is -1.24. The number of hydrogen-bond acceptors (Lipinski definition) is 5. The van der Waals surface area contributed by atoms with Crippen LogP contribution in [-0.4, -0.2) is 29.4 Å². The van der Waals surface area contributed by atoms with Crippen LogP contribution in [0.4, 0.5) is 5.69 Å². The van der Waals surface area contributed by atoms with Crippen LogP contribution in [-0.2, 0) is 9.53 Å². The highest BCUT2D eigenvalue weighted by Gasteiger charge is 2.32. The van der Waals surface area contributed by atoms with Crippen LogP contribution in [0.25, 0.3) is 0 Å². The van der Waals surface area contributed by atoms with E-state index in [9.17, 15) is 19.7 Å². The second-order valence-electron chi connectivity index (χ2n) is 4.47. The number of rotatable bonds is 4. The molecule has 7 nitrogen and oxygen atoms in total. The van der Waals surface area contributed by atoms with Gasteiger partial charge in [0, 0.05) is 6.07 Å². The summed E-state index contributed by atoms with van der Waals surface area (Å²) in [4.78, 5) is 33.8. The summed E-state index contributed by atoms with van der Waals surface area (Å²) in [6.07, 6.45) is 0. The van der Waals surface area contributed by atoms with Gasteiger partial charge in [-0.2, -0.15) is 0 Å². The zero-order valence-corrected chi connectivity index (χ0v) is 12.7. The molecule has 0 fully saturated rings. The smallest absolute Gasteiger partial charge is 0.330 e. The average Bonchev–Trinajstić information content (AvgIpc) is 2.36. The third-order valence-corrected chi connectivity index (χ3v) is 3.37. The van der Waals surface area contributed by atoms with Crippen LogP contribution in [0, 0.1) is 10.1 Å². The zero-order valence-electron chi connectivity index (χ0n) is 11.1. The van der Waals surface area contributed by atoms with Crippen molar-refractivity contribution in [3.63, 3.8) is 0 Å². The van der Waals surface area contributed by atoms with Crippen LogP contribution in [0.5, 0.6) is 0 Å². The highest BCUT2D eigenvalue weighted by molar-refractivity contribution is 9.10. The number of hydrogen-bond donors (Lipinski definition) is 1. The first-order chi connectivity index (χ1) is 9.20. The number of benzene rings is 1. The predicted octanol–water partition coefficient (Wildman–Crippen LogP) is 2.04. The summed E-state index contributed by atoms with van der Waals surface area (Å²) in [6, 6.07) is 4.08. The molecule has 1 aromatic carbocycles. The predicted molar refractivity (Wildman–Crippen MR) is 74.4 cm³/mol. The van der Waals surface area contributed by atoms with Crippen LogP contribution in [0.2, 0.25) is 0 Å². The number of amides is 1. The standard InChI is InChI=1S/C12H13BrN2O5/c1-12(2,11(17)20-3)14-10(16)7-5-4-6-8(9(7)13)15(18)19/h4-6H,1-3H3,(H,14,16). The minimum Gasteiger partial charge on any atom is -0.467 e. The summed E-state index contributed by atoms with van der Waals surface area (Å²) in [5.74, 6) is -1.23. The van der Waals surface area contributed by atoms with Gasteiger partial charge in [0.15, 0.2) is 0 Å². The maximum Gasteiger partial charge on any atom is 0.330 e. The Labute approximate surface area is 123 Å². The van der Waals surface area contributed by atoms with Crippen LogP contribution in [0.1, 0.15) is 24.2 Å². The Bertz CT molecular complexity index is 571. The third-order valence-electron chi connectivity index (χ3n) is 2.54. The minimum absolute atomic E-state index is 0.0585. The molecule has 0 aliphatic carbocycles. The monoisotopic (exact) mass is 344 g/mol. The van der Waals surface area contributed by atoms with Gasteiger partial charge in [0.2, 0.25) is 0 Å². The molecule has 108 valence electrons. The molecule has 0 aliphatic heterocycles. The molecule has 0 saturated heterocycles. The summed E-state index contributed by atoms with van der Waals surface area (Å²) >= 11 is 3.03. The van der Waals surface area contributed by atoms with Crippen molar-refractivity contribution in [2.75, 3.05) is 7.11 Å². The summed E-state index contributed by atoms with van der Waals surface area (Å²) in [5.41, 5.74) is -1.40. The van der Waals surface area contributed by atoms with Crippen molar-refractivity contribution in [3.05, 3.63) is 38.3 Å². The maximum atomic E-state index is 12.1. The summed E-state index contributed by atoms with van der Waals surface area (Å²) in [6.45, 7) is 2.95. The van der Waals surface area contributed by atoms with Gasteiger partial charge in [0.05, 0.1) is 17.6 Å². The van der Waals surface area contributed by atoms with Crippen LogP contribution >= 0.6 is 15.9 Å². The summed E-state index contributed by atoms with van der Waals surface area (Å²) in [5, 5.41) is 13.3. The lowest BCUT2D eigenvalue weighted by molar-refractivity contribution is -0.385. The molecule has 1 aromatic rings. The van der Waals surface area contributed by atoms with E-state index in [-0.39, 0.29) is 15.7 Å². The Hall–Kier alpha value is -1.96. The Morgan fingerprint density at radius 2 is 2.00 bits per heavy atom. The summed E-state index contributed by atoms with van der Waals surface area (Å²) < 4.78 is 4.63. The number of halogens is 1. The fraction of sp³-hybridized carbons (Fsp3) is 0.333. The average molecular weight is 345 g/mol. The molecule has 0 unspecified atom stereocenters. The van der Waals surface area contributed by atoms with E-state index >= 15 is 0 Å². The van der Waals surface area contributed by atoms with E-state index in [2.05, 4.69) is 26.0 Å². The van der Waals surface area contributed by atoms with Crippen molar-refractivity contribution in [1.29, 1.82) is 0 Å². The molecule has 0 atom stereocenters. The highest BCUT2D eigenvalue weighted by atomic mass is 79.9. The molecule has 0 bridgehead atoms. The first-order valence-electron chi connectivity index (χ1n) is 5.54. The molecule has 0 radical (unpaired) electrons. The maximum absolute atomic E-state index is 12.1. The van der Waals surface area contributed by atoms with E-state index in [4.69, 9.17) is 0 Å². The Morgan fingerprint density at radius 1 is 1.40 bits per heavy atom. The summed E-state index contributed by atoms with van der Waals surface area (Å²) in [7, 11) is 1.21. The third kappa shape index (κ3) is 3.32. The zero-order chi connectivity index (χ0) is 15.5. The number of nitro groups is 1. The molecule has 0 heterocycles. The highest BCUT2D eigenvalue weighted by Crippen LogP contribution is 2.28. The Balaban J connectivity index is 3.08. The number of esters is 1. The quantitative estimate of drug-likeness (QED) is 0.511. The largest absolute Gasteiger partial charge is 0.467 e. The van der Waals surface area contributed by atoms with Gasteiger partial charge in [-0.25, -0.2) is 4.79 Å². The number of ether oxygens (including phenoxy) is 1. The first kappa shape index (κ1) is 16.1. The van der Waals surface area contributed by atoms with Gasteiger partial charge < -0.3 is 10.1 Å². The van der Waals surface area contributed by atoms with Crippen molar-refractivity contribution in [3.8, 4) is 0 Å². The molecular formula is C12H13BrN2O5.